The Bertz CT molecular complexity index is 1160. The van der Waals surface area contributed by atoms with E-state index >= 15 is 0 Å². The van der Waals surface area contributed by atoms with Crippen LogP contribution in [0.3, 0.4) is 0 Å². The maximum Gasteiger partial charge on any atom is 0.345 e. The summed E-state index contributed by atoms with van der Waals surface area (Å²) in [6.07, 6.45) is 1.30. The van der Waals surface area contributed by atoms with E-state index in [1.54, 1.807) is 66.7 Å². The number of rotatable bonds is 5. The molecule has 0 aliphatic rings. The minimum absolute atomic E-state index is 0.236. The first-order chi connectivity index (χ1) is 14.9. The predicted octanol–water partition coefficient (Wildman–Crippen LogP) is 4.30. The monoisotopic (exact) mass is 455 g/mol. The summed E-state index contributed by atoms with van der Waals surface area (Å²) in [6.45, 7) is 0. The normalized spacial score (nSPS) is 10.5. The number of carbonyl (C=O) groups is 3. The number of para-hydroxylation sites is 1. The molecule has 0 atom stereocenters. The number of halogens is 2. The summed E-state index contributed by atoms with van der Waals surface area (Å²) in [5.41, 5.74) is 3.18. The van der Waals surface area contributed by atoms with Gasteiger partial charge in [0.2, 0.25) is 0 Å². The van der Waals surface area contributed by atoms with Crippen molar-refractivity contribution in [1.29, 1.82) is 0 Å². The lowest BCUT2D eigenvalue weighted by atomic mass is 10.2. The zero-order valence-corrected chi connectivity index (χ0v) is 17.4. The smallest absolute Gasteiger partial charge is 0.345 e. The van der Waals surface area contributed by atoms with Crippen molar-refractivity contribution >= 4 is 52.9 Å². The second-order valence-electron chi connectivity index (χ2n) is 6.07. The summed E-state index contributed by atoms with van der Waals surface area (Å²) in [6, 6.07) is 19.5. The number of benzene rings is 3. The number of hydrogen-bond acceptors (Lipinski definition) is 5. The summed E-state index contributed by atoms with van der Waals surface area (Å²) < 4.78 is 5.32. The van der Waals surface area contributed by atoms with E-state index in [9.17, 15) is 14.4 Å². The SMILES string of the molecule is O=C(NN=Cc1cccc(OC(=O)c2ccccc2Cl)c1)C(=O)Nc1ccccc1Cl. The number of nitrogens with one attached hydrogen (secondary N) is 2. The van der Waals surface area contributed by atoms with Crippen LogP contribution in [-0.4, -0.2) is 24.0 Å². The summed E-state index contributed by atoms with van der Waals surface area (Å²) in [7, 11) is 0. The average molecular weight is 456 g/mol. The van der Waals surface area contributed by atoms with Crippen molar-refractivity contribution in [3.63, 3.8) is 0 Å². The lowest BCUT2D eigenvalue weighted by Crippen LogP contribution is -2.32. The Morgan fingerprint density at radius 2 is 1.55 bits per heavy atom. The molecule has 2 amide bonds. The highest BCUT2D eigenvalue weighted by Crippen LogP contribution is 2.20. The van der Waals surface area contributed by atoms with Crippen molar-refractivity contribution in [2.75, 3.05) is 5.32 Å². The first-order valence-electron chi connectivity index (χ1n) is 8.90. The third kappa shape index (κ3) is 6.15. The molecular formula is C22H15Cl2N3O4. The molecule has 0 bridgehead atoms. The van der Waals surface area contributed by atoms with E-state index in [1.165, 1.54) is 12.3 Å². The van der Waals surface area contributed by atoms with Gasteiger partial charge in [-0.05, 0) is 42.0 Å². The van der Waals surface area contributed by atoms with Crippen LogP contribution in [0.1, 0.15) is 15.9 Å². The zero-order valence-electron chi connectivity index (χ0n) is 15.8. The van der Waals surface area contributed by atoms with Gasteiger partial charge in [0, 0.05) is 0 Å². The van der Waals surface area contributed by atoms with Gasteiger partial charge >= 0.3 is 17.8 Å². The lowest BCUT2D eigenvalue weighted by Gasteiger charge is -2.06. The van der Waals surface area contributed by atoms with E-state index in [2.05, 4.69) is 15.8 Å². The second kappa shape index (κ2) is 10.4. The number of hydrogen-bond donors (Lipinski definition) is 2. The van der Waals surface area contributed by atoms with Crippen molar-refractivity contribution in [2.45, 2.75) is 0 Å². The molecule has 0 radical (unpaired) electrons. The third-order valence-corrected chi connectivity index (χ3v) is 4.53. The van der Waals surface area contributed by atoms with Crippen molar-refractivity contribution in [2.24, 2.45) is 5.10 Å². The highest BCUT2D eigenvalue weighted by atomic mass is 35.5. The van der Waals surface area contributed by atoms with E-state index in [1.807, 2.05) is 0 Å². The molecule has 3 aromatic rings. The minimum Gasteiger partial charge on any atom is -0.423 e. The van der Waals surface area contributed by atoms with Crippen LogP contribution in [0, 0.1) is 0 Å². The largest absolute Gasteiger partial charge is 0.423 e. The topological polar surface area (TPSA) is 96.9 Å². The fourth-order valence-corrected chi connectivity index (χ4v) is 2.80. The summed E-state index contributed by atoms with van der Waals surface area (Å²) in [5, 5.41) is 6.71. The molecule has 0 aromatic heterocycles. The van der Waals surface area contributed by atoms with E-state index in [4.69, 9.17) is 27.9 Å². The average Bonchev–Trinajstić information content (AvgIpc) is 2.75. The summed E-state index contributed by atoms with van der Waals surface area (Å²) in [4.78, 5) is 36.1. The molecule has 156 valence electrons. The fourth-order valence-electron chi connectivity index (χ4n) is 2.40. The molecule has 2 N–H and O–H groups in total. The van der Waals surface area contributed by atoms with Crippen LogP contribution < -0.4 is 15.5 Å². The molecule has 0 unspecified atom stereocenters. The summed E-state index contributed by atoms with van der Waals surface area (Å²) >= 11 is 11.9. The Hall–Kier alpha value is -3.68. The third-order valence-electron chi connectivity index (χ3n) is 3.87. The van der Waals surface area contributed by atoms with Crippen LogP contribution in [0.25, 0.3) is 0 Å². The first kappa shape index (κ1) is 22.0. The molecule has 3 rings (SSSR count). The van der Waals surface area contributed by atoms with Crippen LogP contribution in [0.4, 0.5) is 5.69 Å². The molecule has 7 nitrogen and oxygen atoms in total. The quantitative estimate of drug-likeness (QED) is 0.197. The van der Waals surface area contributed by atoms with Crippen molar-refractivity contribution in [1.82, 2.24) is 5.43 Å². The summed E-state index contributed by atoms with van der Waals surface area (Å²) in [5.74, 6) is -2.24. The van der Waals surface area contributed by atoms with E-state index in [0.29, 0.717) is 16.3 Å². The molecule has 9 heteroatoms. The van der Waals surface area contributed by atoms with Crippen molar-refractivity contribution in [3.05, 3.63) is 94.0 Å². The number of esters is 1. The second-order valence-corrected chi connectivity index (χ2v) is 6.89. The van der Waals surface area contributed by atoms with E-state index < -0.39 is 17.8 Å². The molecule has 0 aliphatic carbocycles. The minimum atomic E-state index is -0.975. The molecular weight excluding hydrogens is 441 g/mol. The van der Waals surface area contributed by atoms with Crippen LogP contribution in [0.15, 0.2) is 77.9 Å². The van der Waals surface area contributed by atoms with Crippen LogP contribution in [-0.2, 0) is 9.59 Å². The van der Waals surface area contributed by atoms with Crippen LogP contribution in [0.2, 0.25) is 10.0 Å². The standard InChI is InChI=1S/C22H15Cl2N3O4/c23-17-9-2-1-8-16(17)22(30)31-15-7-5-6-14(12-15)13-25-27-21(29)20(28)26-19-11-4-3-10-18(19)24/h1-13H,(H,26,28)(H,27,29). The molecule has 0 aliphatic heterocycles. The number of ether oxygens (including phenoxy) is 1. The highest BCUT2D eigenvalue weighted by molar-refractivity contribution is 6.41. The molecule has 31 heavy (non-hydrogen) atoms. The van der Waals surface area contributed by atoms with Gasteiger partial charge in [-0.3, -0.25) is 9.59 Å². The van der Waals surface area contributed by atoms with Crippen molar-refractivity contribution < 1.29 is 19.1 Å². The zero-order chi connectivity index (χ0) is 22.2. The van der Waals surface area contributed by atoms with Gasteiger partial charge < -0.3 is 10.1 Å². The van der Waals surface area contributed by atoms with Crippen LogP contribution in [0.5, 0.6) is 5.75 Å². The van der Waals surface area contributed by atoms with Gasteiger partial charge in [0.25, 0.3) is 0 Å². The Morgan fingerprint density at radius 3 is 2.29 bits per heavy atom. The molecule has 0 spiro atoms. The number of hydrazone groups is 1. The molecule has 0 fully saturated rings. The molecule has 0 saturated heterocycles. The Kier molecular flexibility index (Phi) is 7.37. The lowest BCUT2D eigenvalue weighted by molar-refractivity contribution is -0.136. The van der Waals surface area contributed by atoms with Crippen LogP contribution >= 0.6 is 23.2 Å². The Balaban J connectivity index is 1.58. The molecule has 3 aromatic carbocycles. The Morgan fingerprint density at radius 1 is 0.839 bits per heavy atom. The number of carbonyl (C=O) groups excluding carboxylic acids is 3. The van der Waals surface area contributed by atoms with Gasteiger partial charge in [-0.25, -0.2) is 10.2 Å². The highest BCUT2D eigenvalue weighted by Gasteiger charge is 2.14. The van der Waals surface area contributed by atoms with Crippen molar-refractivity contribution in [3.8, 4) is 5.75 Å². The van der Waals surface area contributed by atoms with Gasteiger partial charge in [0.05, 0.1) is 27.5 Å². The van der Waals surface area contributed by atoms with E-state index in [0.717, 1.165) is 0 Å². The van der Waals surface area contributed by atoms with Gasteiger partial charge in [0.15, 0.2) is 0 Å². The molecule has 0 heterocycles. The number of amides is 2. The fraction of sp³-hybridized carbons (Fsp3) is 0. The first-order valence-corrected chi connectivity index (χ1v) is 9.65. The number of anilines is 1. The van der Waals surface area contributed by atoms with Gasteiger partial charge in [0.1, 0.15) is 5.75 Å². The van der Waals surface area contributed by atoms with Gasteiger partial charge in [-0.1, -0.05) is 59.6 Å². The van der Waals surface area contributed by atoms with Gasteiger partial charge in [-0.15, -0.1) is 0 Å². The Labute approximate surface area is 187 Å². The van der Waals surface area contributed by atoms with E-state index in [-0.39, 0.29) is 16.3 Å². The van der Waals surface area contributed by atoms with Gasteiger partial charge in [-0.2, -0.15) is 5.10 Å². The maximum atomic E-state index is 12.2. The predicted molar refractivity (Wildman–Crippen MR) is 119 cm³/mol. The molecule has 0 saturated carbocycles. The maximum absolute atomic E-state index is 12.2. The number of nitrogens with zero attached hydrogens (tertiary/aromatic N) is 1.